The van der Waals surface area contributed by atoms with E-state index < -0.39 is 10.1 Å². The maximum atomic E-state index is 12.4. The van der Waals surface area contributed by atoms with E-state index in [-0.39, 0.29) is 36.4 Å². The molecule has 0 aliphatic carbocycles. The van der Waals surface area contributed by atoms with Crippen molar-refractivity contribution in [3.8, 4) is 0 Å². The molecule has 0 aliphatic rings. The van der Waals surface area contributed by atoms with Crippen LogP contribution in [0.3, 0.4) is 0 Å². The average molecular weight is 405 g/mol. The van der Waals surface area contributed by atoms with Crippen LogP contribution in [0.4, 0.5) is 0 Å². The molecule has 0 amide bonds. The molecule has 0 heterocycles. The summed E-state index contributed by atoms with van der Waals surface area (Å²) in [6, 6.07) is 15.9. The molecule has 6 heteroatoms. The van der Waals surface area contributed by atoms with Crippen LogP contribution < -0.4 is 0 Å². The highest BCUT2D eigenvalue weighted by atomic mass is 32.2. The van der Waals surface area contributed by atoms with Crippen molar-refractivity contribution in [3.63, 3.8) is 0 Å². The number of benzene rings is 2. The molecule has 0 bridgehead atoms. The van der Waals surface area contributed by atoms with Crippen LogP contribution in [0.2, 0.25) is 0 Å². The van der Waals surface area contributed by atoms with E-state index in [0.717, 1.165) is 11.1 Å². The van der Waals surface area contributed by atoms with Crippen LogP contribution >= 0.6 is 0 Å². The number of esters is 1. The van der Waals surface area contributed by atoms with E-state index >= 15 is 0 Å². The van der Waals surface area contributed by atoms with Crippen molar-refractivity contribution >= 4 is 16.1 Å². The third-order valence-corrected chi connectivity index (χ3v) is 5.57. The van der Waals surface area contributed by atoms with Crippen molar-refractivity contribution in [2.75, 3.05) is 6.61 Å². The number of ether oxygens (including phenoxy) is 1. The van der Waals surface area contributed by atoms with Crippen LogP contribution in [0.25, 0.3) is 0 Å². The molecule has 2 aromatic rings. The van der Waals surface area contributed by atoms with E-state index in [2.05, 4.69) is 0 Å². The Morgan fingerprint density at radius 1 is 1.00 bits per heavy atom. The highest BCUT2D eigenvalue weighted by Crippen LogP contribution is 2.20. The Hall–Kier alpha value is -2.18. The summed E-state index contributed by atoms with van der Waals surface area (Å²) in [6.07, 6.45) is 0.790. The van der Waals surface area contributed by atoms with Gasteiger partial charge in [0.05, 0.1) is 17.9 Å². The van der Waals surface area contributed by atoms with Crippen molar-refractivity contribution < 1.29 is 22.1 Å². The second kappa shape index (κ2) is 10.4. The first-order valence-electron chi connectivity index (χ1n) is 9.42. The van der Waals surface area contributed by atoms with Gasteiger partial charge < -0.3 is 4.74 Å². The predicted molar refractivity (Wildman–Crippen MR) is 108 cm³/mol. The second-order valence-electron chi connectivity index (χ2n) is 7.40. The molecular weight excluding hydrogens is 376 g/mol. The monoisotopic (exact) mass is 404 g/mol. The Morgan fingerprint density at radius 3 is 2.25 bits per heavy atom. The lowest BCUT2D eigenvalue weighted by molar-refractivity contribution is -0.146. The number of carbonyl (C=O) groups is 1. The summed E-state index contributed by atoms with van der Waals surface area (Å²) in [5.41, 5.74) is 1.88. The fraction of sp³-hybridized carbons (Fsp3) is 0.409. The van der Waals surface area contributed by atoms with Gasteiger partial charge in [0.2, 0.25) is 0 Å². The topological polar surface area (TPSA) is 69.7 Å². The molecule has 0 fully saturated rings. The van der Waals surface area contributed by atoms with E-state index in [1.54, 1.807) is 12.1 Å². The summed E-state index contributed by atoms with van der Waals surface area (Å²) in [6.45, 7) is 6.09. The summed E-state index contributed by atoms with van der Waals surface area (Å²) >= 11 is 0. The Labute approximate surface area is 167 Å². The quantitative estimate of drug-likeness (QED) is 0.431. The molecule has 0 radical (unpaired) electrons. The van der Waals surface area contributed by atoms with Gasteiger partial charge in [-0.2, -0.15) is 8.42 Å². The Balaban J connectivity index is 1.93. The minimum absolute atomic E-state index is 0.0468. The number of rotatable bonds is 10. The van der Waals surface area contributed by atoms with Crippen molar-refractivity contribution in [1.82, 2.24) is 0 Å². The average Bonchev–Trinajstić information content (AvgIpc) is 2.65. The normalized spacial score (nSPS) is 12.7. The minimum atomic E-state index is -3.85. The third-order valence-electron chi connectivity index (χ3n) is 4.27. The summed E-state index contributed by atoms with van der Waals surface area (Å²) in [5.74, 6) is -0.285. The van der Waals surface area contributed by atoms with Gasteiger partial charge in [0.25, 0.3) is 10.1 Å². The molecule has 0 N–H and O–H groups in total. The minimum Gasteiger partial charge on any atom is -0.461 e. The van der Waals surface area contributed by atoms with Crippen molar-refractivity contribution in [1.29, 1.82) is 0 Å². The molecular formula is C22H28O5S. The van der Waals surface area contributed by atoms with Gasteiger partial charge in [-0.25, -0.2) is 0 Å². The van der Waals surface area contributed by atoms with Crippen molar-refractivity contribution in [2.45, 2.75) is 45.1 Å². The largest absolute Gasteiger partial charge is 0.461 e. The number of hydrogen-bond donors (Lipinski definition) is 0. The number of carbonyl (C=O) groups excluding carboxylic acids is 1. The molecule has 0 aliphatic heterocycles. The first kappa shape index (κ1) is 22.1. The number of hydrogen-bond acceptors (Lipinski definition) is 5. The van der Waals surface area contributed by atoms with Gasteiger partial charge in [-0.1, -0.05) is 61.9 Å². The maximum Gasteiger partial charge on any atom is 0.306 e. The molecule has 0 saturated heterocycles. The molecule has 5 nitrogen and oxygen atoms in total. The van der Waals surface area contributed by atoms with Crippen LogP contribution in [0.15, 0.2) is 59.5 Å². The highest BCUT2D eigenvalue weighted by Gasteiger charge is 2.22. The van der Waals surface area contributed by atoms with Gasteiger partial charge in [0.15, 0.2) is 0 Å². The van der Waals surface area contributed by atoms with E-state index in [9.17, 15) is 13.2 Å². The molecule has 0 aromatic heterocycles. The standard InChI is InChI=1S/C22H28O5S/c1-17(2)13-20(14-22(23)26-15-19-7-5-4-6-8-19)16-27-28(24,25)21-11-9-18(3)10-12-21/h4-12,17,20H,13-16H2,1-3H3/t20-/m0/s1. The lowest BCUT2D eigenvalue weighted by Gasteiger charge is -2.18. The molecule has 28 heavy (non-hydrogen) atoms. The Bertz CT molecular complexity index is 842. The van der Waals surface area contributed by atoms with Gasteiger partial charge >= 0.3 is 5.97 Å². The fourth-order valence-corrected chi connectivity index (χ4v) is 3.85. The Kier molecular flexibility index (Phi) is 8.20. The van der Waals surface area contributed by atoms with Crippen LogP contribution in [0.1, 0.15) is 37.8 Å². The van der Waals surface area contributed by atoms with E-state index in [1.165, 1.54) is 12.1 Å². The van der Waals surface area contributed by atoms with Crippen molar-refractivity contribution in [3.05, 3.63) is 65.7 Å². The van der Waals surface area contributed by atoms with Crippen LogP contribution in [-0.4, -0.2) is 21.0 Å². The van der Waals surface area contributed by atoms with Crippen LogP contribution in [0, 0.1) is 18.8 Å². The summed E-state index contributed by atoms with van der Waals surface area (Å²) in [4.78, 5) is 12.3. The van der Waals surface area contributed by atoms with Gasteiger partial charge in [-0.3, -0.25) is 8.98 Å². The molecule has 152 valence electrons. The zero-order chi connectivity index (χ0) is 20.6. The van der Waals surface area contributed by atoms with E-state index in [0.29, 0.717) is 12.3 Å². The maximum absolute atomic E-state index is 12.4. The molecule has 2 aromatic carbocycles. The highest BCUT2D eigenvalue weighted by molar-refractivity contribution is 7.86. The van der Waals surface area contributed by atoms with Gasteiger partial charge in [0.1, 0.15) is 6.61 Å². The van der Waals surface area contributed by atoms with Crippen LogP contribution in [-0.2, 0) is 30.4 Å². The molecule has 0 saturated carbocycles. The first-order chi connectivity index (χ1) is 13.3. The zero-order valence-corrected chi connectivity index (χ0v) is 17.4. The lowest BCUT2D eigenvalue weighted by atomic mass is 9.95. The zero-order valence-electron chi connectivity index (χ0n) is 16.6. The molecule has 1 atom stereocenters. The number of aryl methyl sites for hydroxylation is 1. The lowest BCUT2D eigenvalue weighted by Crippen LogP contribution is -2.20. The first-order valence-corrected chi connectivity index (χ1v) is 10.8. The summed E-state index contributed by atoms with van der Waals surface area (Å²) < 4.78 is 35.4. The van der Waals surface area contributed by atoms with E-state index in [1.807, 2.05) is 51.1 Å². The van der Waals surface area contributed by atoms with Gasteiger partial charge in [0, 0.05) is 0 Å². The third kappa shape index (κ3) is 7.44. The molecule has 0 unspecified atom stereocenters. The van der Waals surface area contributed by atoms with Crippen molar-refractivity contribution in [2.24, 2.45) is 11.8 Å². The summed E-state index contributed by atoms with van der Waals surface area (Å²) in [7, 11) is -3.85. The predicted octanol–water partition coefficient (Wildman–Crippen LogP) is 4.50. The van der Waals surface area contributed by atoms with Crippen LogP contribution in [0.5, 0.6) is 0 Å². The molecule has 0 spiro atoms. The summed E-state index contributed by atoms with van der Waals surface area (Å²) in [5, 5.41) is 0. The fourth-order valence-electron chi connectivity index (χ4n) is 2.87. The Morgan fingerprint density at radius 2 is 1.64 bits per heavy atom. The molecule has 2 rings (SSSR count). The van der Waals surface area contributed by atoms with Gasteiger partial charge in [-0.15, -0.1) is 0 Å². The smallest absolute Gasteiger partial charge is 0.306 e. The van der Waals surface area contributed by atoms with Gasteiger partial charge in [-0.05, 0) is 42.9 Å². The van der Waals surface area contributed by atoms with E-state index in [4.69, 9.17) is 8.92 Å². The second-order valence-corrected chi connectivity index (χ2v) is 9.01. The SMILES string of the molecule is Cc1ccc(S(=O)(=O)OC[C@H](CC(=O)OCc2ccccc2)CC(C)C)cc1.